The van der Waals surface area contributed by atoms with Gasteiger partial charge in [0, 0.05) is 13.0 Å². The monoisotopic (exact) mass is 710 g/mol. The van der Waals surface area contributed by atoms with Crippen molar-refractivity contribution in [3.05, 3.63) is 101 Å². The van der Waals surface area contributed by atoms with Crippen molar-refractivity contribution in [2.75, 3.05) is 13.7 Å². The van der Waals surface area contributed by atoms with E-state index in [1.165, 1.54) is 12.0 Å². The first-order valence-corrected chi connectivity index (χ1v) is 17.9. The number of aryl methyl sites for hydroxylation is 1. The Bertz CT molecular complexity index is 1880. The number of amides is 3. The van der Waals surface area contributed by atoms with Crippen LogP contribution in [0.15, 0.2) is 78.3 Å². The molecule has 1 aliphatic rings. The first-order valence-electron chi connectivity index (χ1n) is 17.1. The molecular weight excluding hydrogens is 665 g/mol. The number of methoxy groups -OCH3 is 1. The van der Waals surface area contributed by atoms with E-state index in [1.807, 2.05) is 113 Å². The summed E-state index contributed by atoms with van der Waals surface area (Å²) in [5.41, 5.74) is 7.41. The molecule has 4 atom stereocenters. The zero-order valence-electron chi connectivity index (χ0n) is 29.9. The Hall–Kier alpha value is -4.87. The second-order valence-corrected chi connectivity index (χ2v) is 15.1. The molecule has 1 unspecified atom stereocenters. The van der Waals surface area contributed by atoms with Gasteiger partial charge in [-0.1, -0.05) is 93.6 Å². The summed E-state index contributed by atoms with van der Waals surface area (Å²) in [6.45, 7) is 9.43. The normalized spacial score (nSPS) is 17.0. The van der Waals surface area contributed by atoms with E-state index in [0.29, 0.717) is 0 Å². The van der Waals surface area contributed by atoms with E-state index in [9.17, 15) is 24.3 Å². The van der Waals surface area contributed by atoms with Gasteiger partial charge in [-0.2, -0.15) is 0 Å². The average Bonchev–Trinajstić information content (AvgIpc) is 3.71. The molecule has 1 saturated heterocycles. The molecule has 3 N–H and O–H groups in total. The van der Waals surface area contributed by atoms with Crippen molar-refractivity contribution in [2.45, 2.75) is 78.1 Å². The van der Waals surface area contributed by atoms with Crippen LogP contribution >= 0.6 is 11.3 Å². The molecule has 0 aliphatic carbocycles. The van der Waals surface area contributed by atoms with E-state index in [-0.39, 0.29) is 49.6 Å². The highest BCUT2D eigenvalue weighted by atomic mass is 32.1. The number of rotatable bonds is 11. The van der Waals surface area contributed by atoms with Gasteiger partial charge in [0.05, 0.1) is 48.2 Å². The summed E-state index contributed by atoms with van der Waals surface area (Å²) in [7, 11) is 1.36. The summed E-state index contributed by atoms with van der Waals surface area (Å²) >= 11 is 1.58. The Kier molecular flexibility index (Phi) is 11.7. The van der Waals surface area contributed by atoms with E-state index in [4.69, 9.17) is 4.74 Å². The number of carbonyl (C=O) groups is 4. The summed E-state index contributed by atoms with van der Waals surface area (Å²) in [5.74, 6) is -1.44. The number of carbonyl (C=O) groups excluding carboxylic acids is 4. The SMILES string of the molecule is COC(=O)Cc1cccc(-c2cccc(CC(=O)N[C@H](C(=O)N3CC(O)C[C@H]3C(=O)N[C@@H](C)c3ccc(-c4scnc4C)cc3)C(C)(C)C)c2)c1. The number of aromatic nitrogens is 1. The quantitative estimate of drug-likeness (QED) is 0.177. The van der Waals surface area contributed by atoms with Gasteiger partial charge in [0.1, 0.15) is 12.1 Å². The molecule has 268 valence electrons. The molecule has 1 fully saturated rings. The molecule has 0 saturated carbocycles. The number of aliphatic hydroxyl groups excluding tert-OH is 1. The van der Waals surface area contributed by atoms with Crippen LogP contribution in [0.5, 0.6) is 0 Å². The van der Waals surface area contributed by atoms with Gasteiger partial charge in [-0.3, -0.25) is 19.2 Å². The molecule has 0 radical (unpaired) electrons. The highest BCUT2D eigenvalue weighted by Gasteiger charge is 2.44. The predicted octanol–water partition coefficient (Wildman–Crippen LogP) is 5.41. The van der Waals surface area contributed by atoms with Crippen molar-refractivity contribution in [3.8, 4) is 21.6 Å². The predicted molar refractivity (Wildman–Crippen MR) is 198 cm³/mol. The number of nitrogens with one attached hydrogen (secondary N) is 2. The van der Waals surface area contributed by atoms with Crippen LogP contribution in [0.3, 0.4) is 0 Å². The minimum absolute atomic E-state index is 0.00621. The summed E-state index contributed by atoms with van der Waals surface area (Å²) in [6, 6.07) is 20.9. The maximum Gasteiger partial charge on any atom is 0.309 e. The van der Waals surface area contributed by atoms with Gasteiger partial charge in [-0.05, 0) is 52.6 Å². The van der Waals surface area contributed by atoms with Crippen molar-refractivity contribution in [1.82, 2.24) is 20.5 Å². The maximum absolute atomic E-state index is 14.1. The van der Waals surface area contributed by atoms with Gasteiger partial charge in [0.2, 0.25) is 17.7 Å². The number of ether oxygens (including phenoxy) is 1. The van der Waals surface area contributed by atoms with E-state index < -0.39 is 29.5 Å². The number of likely N-dealkylation sites (tertiary alicyclic amines) is 1. The molecule has 1 aromatic heterocycles. The summed E-state index contributed by atoms with van der Waals surface area (Å²) < 4.78 is 4.79. The molecule has 2 heterocycles. The smallest absolute Gasteiger partial charge is 0.309 e. The highest BCUT2D eigenvalue weighted by molar-refractivity contribution is 7.13. The number of aliphatic hydroxyl groups is 1. The Labute approximate surface area is 303 Å². The molecule has 0 bridgehead atoms. The molecule has 4 aromatic rings. The van der Waals surface area contributed by atoms with Crippen molar-refractivity contribution in [3.63, 3.8) is 0 Å². The fraction of sp³-hybridized carbons (Fsp3) is 0.375. The molecular formula is C40H46N4O6S. The summed E-state index contributed by atoms with van der Waals surface area (Å²) in [6.07, 6.45) is -0.577. The lowest BCUT2D eigenvalue weighted by Gasteiger charge is -2.35. The molecule has 3 amide bonds. The van der Waals surface area contributed by atoms with E-state index in [1.54, 1.807) is 11.3 Å². The Morgan fingerprint density at radius 2 is 1.57 bits per heavy atom. The van der Waals surface area contributed by atoms with Gasteiger partial charge in [0.25, 0.3) is 0 Å². The lowest BCUT2D eigenvalue weighted by molar-refractivity contribution is -0.144. The second kappa shape index (κ2) is 16.0. The molecule has 10 nitrogen and oxygen atoms in total. The third kappa shape index (κ3) is 9.28. The minimum atomic E-state index is -0.941. The zero-order valence-corrected chi connectivity index (χ0v) is 30.8. The number of thiazole rings is 1. The number of hydrogen-bond acceptors (Lipinski definition) is 8. The lowest BCUT2D eigenvalue weighted by Crippen LogP contribution is -2.58. The van der Waals surface area contributed by atoms with Gasteiger partial charge in [-0.25, -0.2) is 4.98 Å². The van der Waals surface area contributed by atoms with Gasteiger partial charge >= 0.3 is 5.97 Å². The summed E-state index contributed by atoms with van der Waals surface area (Å²) in [5, 5.41) is 16.6. The summed E-state index contributed by atoms with van der Waals surface area (Å²) in [4.78, 5) is 59.8. The van der Waals surface area contributed by atoms with Crippen LogP contribution in [-0.4, -0.2) is 70.5 Å². The van der Waals surface area contributed by atoms with Gasteiger partial charge in [-0.15, -0.1) is 11.3 Å². The number of nitrogens with zero attached hydrogens (tertiary/aromatic N) is 2. The zero-order chi connectivity index (χ0) is 36.9. The maximum atomic E-state index is 14.1. The number of esters is 1. The van der Waals surface area contributed by atoms with Crippen LogP contribution in [0.25, 0.3) is 21.6 Å². The first kappa shape index (κ1) is 37.4. The van der Waals surface area contributed by atoms with E-state index in [0.717, 1.165) is 44.0 Å². The van der Waals surface area contributed by atoms with Crippen molar-refractivity contribution < 1.29 is 29.0 Å². The Balaban J connectivity index is 1.25. The van der Waals surface area contributed by atoms with E-state index >= 15 is 0 Å². The first-order chi connectivity index (χ1) is 24.2. The molecule has 0 spiro atoms. The minimum Gasteiger partial charge on any atom is -0.469 e. The molecule has 1 aliphatic heterocycles. The van der Waals surface area contributed by atoms with Crippen LogP contribution in [0.4, 0.5) is 0 Å². The topological polar surface area (TPSA) is 138 Å². The third-order valence-corrected chi connectivity index (χ3v) is 10.2. The van der Waals surface area contributed by atoms with Crippen molar-refractivity contribution in [2.24, 2.45) is 5.41 Å². The number of benzene rings is 3. The van der Waals surface area contributed by atoms with Crippen LogP contribution in [0.1, 0.15) is 62.5 Å². The molecule has 11 heteroatoms. The Morgan fingerprint density at radius 1 is 0.941 bits per heavy atom. The molecule has 5 rings (SSSR count). The largest absolute Gasteiger partial charge is 0.469 e. The number of β-amino-alcohol motifs (C(OH)–C–C–N with tert-alkyl or cyclic N) is 1. The highest BCUT2D eigenvalue weighted by Crippen LogP contribution is 2.30. The van der Waals surface area contributed by atoms with Gasteiger partial charge < -0.3 is 25.4 Å². The van der Waals surface area contributed by atoms with Crippen LogP contribution < -0.4 is 10.6 Å². The van der Waals surface area contributed by atoms with Crippen molar-refractivity contribution >= 4 is 35.0 Å². The molecule has 3 aromatic carbocycles. The molecule has 51 heavy (non-hydrogen) atoms. The Morgan fingerprint density at radius 3 is 2.14 bits per heavy atom. The van der Waals surface area contributed by atoms with E-state index in [2.05, 4.69) is 15.6 Å². The fourth-order valence-electron chi connectivity index (χ4n) is 6.37. The lowest BCUT2D eigenvalue weighted by atomic mass is 9.85. The third-order valence-electron chi connectivity index (χ3n) is 9.19. The number of hydrogen-bond donors (Lipinski definition) is 3. The second-order valence-electron chi connectivity index (χ2n) is 14.2. The standard InChI is InChI=1S/C40H46N4O6S/c1-24(28-13-15-29(16-14-28)36-25(2)41-23-51-36)42-38(48)33-21-32(45)22-44(33)39(49)37(40(3,4)5)43-34(46)19-26-9-7-11-30(17-26)31-12-8-10-27(18-31)20-35(47)50-6/h7-18,23-24,32-33,37,45H,19-22H2,1-6H3,(H,42,48)(H,43,46)/t24-,32?,33-,37+/m0/s1. The van der Waals surface area contributed by atoms with Crippen LogP contribution in [-0.2, 0) is 36.8 Å². The fourth-order valence-corrected chi connectivity index (χ4v) is 7.19. The van der Waals surface area contributed by atoms with Crippen LogP contribution in [0.2, 0.25) is 0 Å². The van der Waals surface area contributed by atoms with Crippen molar-refractivity contribution in [1.29, 1.82) is 0 Å². The van der Waals surface area contributed by atoms with Crippen LogP contribution in [0, 0.1) is 12.3 Å². The average molecular weight is 711 g/mol. The van der Waals surface area contributed by atoms with Gasteiger partial charge in [0.15, 0.2) is 0 Å².